The SMILES string of the molecule is Cc1ccc(NC(=O)C(=O)Nc2ccccc2C(N)=O)cc1C. The molecule has 0 atom stereocenters. The van der Waals surface area contributed by atoms with E-state index < -0.39 is 17.7 Å². The molecule has 0 saturated heterocycles. The lowest BCUT2D eigenvalue weighted by Gasteiger charge is -2.10. The number of carbonyl (C=O) groups excluding carboxylic acids is 3. The molecule has 0 radical (unpaired) electrons. The van der Waals surface area contributed by atoms with Crippen molar-refractivity contribution in [2.45, 2.75) is 13.8 Å². The van der Waals surface area contributed by atoms with Crippen LogP contribution in [0.15, 0.2) is 42.5 Å². The summed E-state index contributed by atoms with van der Waals surface area (Å²) in [6.07, 6.45) is 0. The number of nitrogens with one attached hydrogen (secondary N) is 2. The van der Waals surface area contributed by atoms with Crippen LogP contribution in [0.25, 0.3) is 0 Å². The zero-order chi connectivity index (χ0) is 17.0. The molecule has 0 saturated carbocycles. The first-order chi connectivity index (χ1) is 10.9. The minimum Gasteiger partial charge on any atom is -0.366 e. The first-order valence-electron chi connectivity index (χ1n) is 6.97. The molecule has 6 nitrogen and oxygen atoms in total. The van der Waals surface area contributed by atoms with E-state index in [2.05, 4.69) is 10.6 Å². The smallest absolute Gasteiger partial charge is 0.314 e. The van der Waals surface area contributed by atoms with E-state index in [-0.39, 0.29) is 11.3 Å². The quantitative estimate of drug-likeness (QED) is 0.755. The zero-order valence-electron chi connectivity index (χ0n) is 12.8. The molecule has 0 heterocycles. The monoisotopic (exact) mass is 311 g/mol. The van der Waals surface area contributed by atoms with Gasteiger partial charge in [-0.3, -0.25) is 14.4 Å². The molecule has 0 aliphatic carbocycles. The van der Waals surface area contributed by atoms with E-state index in [1.54, 1.807) is 24.3 Å². The van der Waals surface area contributed by atoms with Crippen LogP contribution in [0.2, 0.25) is 0 Å². The molecule has 0 fully saturated rings. The summed E-state index contributed by atoms with van der Waals surface area (Å²) in [6, 6.07) is 11.6. The van der Waals surface area contributed by atoms with Crippen LogP contribution in [0, 0.1) is 13.8 Å². The number of para-hydroxylation sites is 1. The van der Waals surface area contributed by atoms with E-state index in [4.69, 9.17) is 5.73 Å². The number of aryl methyl sites for hydroxylation is 2. The number of rotatable bonds is 3. The number of primary amides is 1. The summed E-state index contributed by atoms with van der Waals surface area (Å²) in [5, 5.41) is 4.90. The first kappa shape index (κ1) is 16.2. The minimum absolute atomic E-state index is 0.139. The summed E-state index contributed by atoms with van der Waals surface area (Å²) in [5.74, 6) is -2.39. The van der Waals surface area contributed by atoms with Crippen LogP contribution in [-0.2, 0) is 9.59 Å². The number of hydrogen-bond donors (Lipinski definition) is 3. The second-order valence-corrected chi connectivity index (χ2v) is 5.12. The highest BCUT2D eigenvalue weighted by Crippen LogP contribution is 2.16. The van der Waals surface area contributed by atoms with Crippen molar-refractivity contribution in [3.05, 3.63) is 59.2 Å². The van der Waals surface area contributed by atoms with Crippen molar-refractivity contribution in [3.63, 3.8) is 0 Å². The summed E-state index contributed by atoms with van der Waals surface area (Å²) in [5.41, 5.74) is 8.18. The van der Waals surface area contributed by atoms with Crippen LogP contribution in [0.5, 0.6) is 0 Å². The van der Waals surface area contributed by atoms with Crippen molar-refractivity contribution >= 4 is 29.1 Å². The molecule has 2 aromatic rings. The Morgan fingerprint density at radius 1 is 0.870 bits per heavy atom. The highest BCUT2D eigenvalue weighted by atomic mass is 16.2. The molecule has 6 heteroatoms. The number of nitrogens with two attached hydrogens (primary N) is 1. The molecule has 0 aliphatic rings. The molecule has 4 N–H and O–H groups in total. The molecule has 0 aromatic heterocycles. The van der Waals surface area contributed by atoms with Crippen molar-refractivity contribution in [1.29, 1.82) is 0 Å². The lowest BCUT2D eigenvalue weighted by Crippen LogP contribution is -2.30. The Hall–Kier alpha value is -3.15. The minimum atomic E-state index is -0.878. The second kappa shape index (κ2) is 6.74. The lowest BCUT2D eigenvalue weighted by molar-refractivity contribution is -0.133. The predicted octanol–water partition coefficient (Wildman–Crippen LogP) is 1.98. The Kier molecular flexibility index (Phi) is 4.75. The van der Waals surface area contributed by atoms with Gasteiger partial charge in [0, 0.05) is 5.69 Å². The summed E-state index contributed by atoms with van der Waals surface area (Å²) in [6.45, 7) is 3.86. The van der Waals surface area contributed by atoms with Gasteiger partial charge in [0.25, 0.3) is 5.91 Å². The van der Waals surface area contributed by atoms with Crippen LogP contribution in [0.3, 0.4) is 0 Å². The Morgan fingerprint density at radius 2 is 1.52 bits per heavy atom. The third kappa shape index (κ3) is 3.94. The third-order valence-electron chi connectivity index (χ3n) is 3.41. The van der Waals surface area contributed by atoms with E-state index >= 15 is 0 Å². The standard InChI is InChI=1S/C17H17N3O3/c1-10-7-8-12(9-11(10)2)19-16(22)17(23)20-14-6-4-3-5-13(14)15(18)21/h3-9H,1-2H3,(H2,18,21)(H,19,22)(H,20,23). The molecule has 2 rings (SSSR count). The largest absolute Gasteiger partial charge is 0.366 e. The molecule has 0 unspecified atom stereocenters. The third-order valence-corrected chi connectivity index (χ3v) is 3.41. The van der Waals surface area contributed by atoms with Crippen LogP contribution < -0.4 is 16.4 Å². The highest BCUT2D eigenvalue weighted by Gasteiger charge is 2.17. The van der Waals surface area contributed by atoms with Crippen LogP contribution >= 0.6 is 0 Å². The molecule has 0 spiro atoms. The lowest BCUT2D eigenvalue weighted by atomic mass is 10.1. The molecular formula is C17H17N3O3. The Morgan fingerprint density at radius 3 is 2.17 bits per heavy atom. The van der Waals surface area contributed by atoms with Gasteiger partial charge in [-0.2, -0.15) is 0 Å². The molecule has 0 bridgehead atoms. The summed E-state index contributed by atoms with van der Waals surface area (Å²) in [4.78, 5) is 35.2. The topological polar surface area (TPSA) is 101 Å². The molecular weight excluding hydrogens is 294 g/mol. The van der Waals surface area contributed by atoms with E-state index in [9.17, 15) is 14.4 Å². The Balaban J connectivity index is 2.10. The molecule has 3 amide bonds. The molecule has 118 valence electrons. The number of anilines is 2. The first-order valence-corrected chi connectivity index (χ1v) is 6.97. The van der Waals surface area contributed by atoms with Crippen LogP contribution in [-0.4, -0.2) is 17.7 Å². The molecule has 2 aromatic carbocycles. The van der Waals surface area contributed by atoms with E-state index in [1.165, 1.54) is 12.1 Å². The summed E-state index contributed by atoms with van der Waals surface area (Å²) in [7, 11) is 0. The van der Waals surface area contributed by atoms with Gasteiger partial charge in [-0.05, 0) is 49.2 Å². The van der Waals surface area contributed by atoms with Crippen molar-refractivity contribution in [3.8, 4) is 0 Å². The highest BCUT2D eigenvalue weighted by molar-refractivity contribution is 6.44. The van der Waals surface area contributed by atoms with Crippen molar-refractivity contribution in [2.75, 3.05) is 10.6 Å². The van der Waals surface area contributed by atoms with Gasteiger partial charge >= 0.3 is 11.8 Å². The van der Waals surface area contributed by atoms with E-state index in [0.717, 1.165) is 11.1 Å². The summed E-state index contributed by atoms with van der Waals surface area (Å²) < 4.78 is 0. The van der Waals surface area contributed by atoms with Crippen molar-refractivity contribution in [1.82, 2.24) is 0 Å². The van der Waals surface area contributed by atoms with Crippen molar-refractivity contribution < 1.29 is 14.4 Å². The average Bonchev–Trinajstić information content (AvgIpc) is 2.51. The van der Waals surface area contributed by atoms with Crippen molar-refractivity contribution in [2.24, 2.45) is 5.73 Å². The van der Waals surface area contributed by atoms with Gasteiger partial charge in [0.15, 0.2) is 0 Å². The fourth-order valence-corrected chi connectivity index (χ4v) is 1.99. The predicted molar refractivity (Wildman–Crippen MR) is 88.1 cm³/mol. The van der Waals surface area contributed by atoms with Gasteiger partial charge in [0.05, 0.1) is 11.3 Å². The fourth-order valence-electron chi connectivity index (χ4n) is 1.99. The van der Waals surface area contributed by atoms with Gasteiger partial charge < -0.3 is 16.4 Å². The normalized spacial score (nSPS) is 10.0. The average molecular weight is 311 g/mol. The van der Waals surface area contributed by atoms with Gasteiger partial charge in [0.2, 0.25) is 0 Å². The summed E-state index contributed by atoms with van der Waals surface area (Å²) >= 11 is 0. The fraction of sp³-hybridized carbons (Fsp3) is 0.118. The number of carbonyl (C=O) groups is 3. The molecule has 23 heavy (non-hydrogen) atoms. The number of benzene rings is 2. The van der Waals surface area contributed by atoms with Gasteiger partial charge in [-0.1, -0.05) is 18.2 Å². The van der Waals surface area contributed by atoms with Crippen LogP contribution in [0.4, 0.5) is 11.4 Å². The second-order valence-electron chi connectivity index (χ2n) is 5.12. The number of amides is 3. The van der Waals surface area contributed by atoms with Gasteiger partial charge in [0.1, 0.15) is 0 Å². The maximum absolute atomic E-state index is 12.0. The zero-order valence-corrected chi connectivity index (χ0v) is 12.8. The number of hydrogen-bond acceptors (Lipinski definition) is 3. The maximum Gasteiger partial charge on any atom is 0.314 e. The maximum atomic E-state index is 12.0. The van der Waals surface area contributed by atoms with Gasteiger partial charge in [-0.15, -0.1) is 0 Å². The Bertz CT molecular complexity index is 784. The van der Waals surface area contributed by atoms with Gasteiger partial charge in [-0.25, -0.2) is 0 Å². The Labute approximate surface area is 133 Å². The van der Waals surface area contributed by atoms with E-state index in [0.29, 0.717) is 5.69 Å². The van der Waals surface area contributed by atoms with E-state index in [1.807, 2.05) is 19.9 Å². The van der Waals surface area contributed by atoms with Crippen LogP contribution in [0.1, 0.15) is 21.5 Å². The molecule has 0 aliphatic heterocycles.